The van der Waals surface area contributed by atoms with E-state index in [4.69, 9.17) is 23.8 Å². The predicted molar refractivity (Wildman–Crippen MR) is 275 cm³/mol. The van der Waals surface area contributed by atoms with Gasteiger partial charge in [-0.15, -0.1) is 0 Å². The fourth-order valence-corrected chi connectivity index (χ4v) is 9.44. The Morgan fingerprint density at radius 1 is 0.529 bits per heavy atom. The van der Waals surface area contributed by atoms with Gasteiger partial charge >= 0.3 is 0 Å². The first-order valence-electron chi connectivity index (χ1n) is 24.7. The minimum absolute atomic E-state index is 0.271. The van der Waals surface area contributed by atoms with Crippen molar-refractivity contribution in [2.75, 3.05) is 51.4 Å². The van der Waals surface area contributed by atoms with Gasteiger partial charge in [-0.2, -0.15) is 0 Å². The van der Waals surface area contributed by atoms with Gasteiger partial charge in [0.25, 0.3) is 0 Å². The van der Waals surface area contributed by atoms with Crippen LogP contribution in [-0.4, -0.2) is 57.1 Å². The number of aliphatic hydroxyl groups is 1. The lowest BCUT2D eigenvalue weighted by atomic mass is 9.65. The molecule has 2 heterocycles. The van der Waals surface area contributed by atoms with Crippen LogP contribution in [0.5, 0.6) is 11.5 Å². The largest absolute Gasteiger partial charge is 0.454 e. The fraction of sp³-hybridized carbons (Fsp3) is 0.377. The van der Waals surface area contributed by atoms with Crippen LogP contribution in [0.3, 0.4) is 0 Å². The smallest absolute Gasteiger partial charge is 0.147 e. The molecule has 7 nitrogen and oxygen atoms in total. The van der Waals surface area contributed by atoms with Crippen LogP contribution in [-0.2, 0) is 24.5 Å². The third-order valence-electron chi connectivity index (χ3n) is 12.9. The Morgan fingerprint density at radius 3 is 1.56 bits per heavy atom. The van der Waals surface area contributed by atoms with Crippen LogP contribution in [0.4, 0.5) is 5.69 Å². The van der Waals surface area contributed by atoms with Crippen LogP contribution in [0.25, 0.3) is 21.5 Å². The van der Waals surface area contributed by atoms with E-state index in [1.165, 1.54) is 49.7 Å². The van der Waals surface area contributed by atoms with Crippen molar-refractivity contribution in [2.24, 2.45) is 0 Å². The van der Waals surface area contributed by atoms with E-state index in [0.29, 0.717) is 39.6 Å². The van der Waals surface area contributed by atoms with Gasteiger partial charge in [-0.3, -0.25) is 4.84 Å². The molecule has 0 saturated carbocycles. The zero-order chi connectivity index (χ0) is 47.2. The number of anilines is 1. The molecule has 68 heavy (non-hydrogen) atoms. The van der Waals surface area contributed by atoms with Gasteiger partial charge in [0.05, 0.1) is 56.5 Å². The molecule has 0 atom stereocenters. The van der Waals surface area contributed by atoms with Crippen molar-refractivity contribution >= 4 is 27.2 Å². The van der Waals surface area contributed by atoms with Crippen molar-refractivity contribution in [1.29, 1.82) is 0 Å². The molecular weight excluding hydrogens is 843 g/mol. The molecule has 0 bridgehead atoms. The van der Waals surface area contributed by atoms with Crippen molar-refractivity contribution in [3.8, 4) is 47.0 Å². The van der Waals surface area contributed by atoms with Crippen LogP contribution in [0.1, 0.15) is 131 Å². The number of nitrogens with zero attached hydrogens (tertiary/aromatic N) is 1. The summed E-state index contributed by atoms with van der Waals surface area (Å²) in [5.74, 6) is 22.5. The highest BCUT2D eigenvalue weighted by Gasteiger charge is 2.42. The number of hydroxylamine groups is 1. The van der Waals surface area contributed by atoms with E-state index in [1.54, 1.807) is 18.9 Å². The third-order valence-corrected chi connectivity index (χ3v) is 12.9. The summed E-state index contributed by atoms with van der Waals surface area (Å²) in [7, 11) is 0. The van der Waals surface area contributed by atoms with Crippen LogP contribution < -0.4 is 9.80 Å². The van der Waals surface area contributed by atoms with Crippen molar-refractivity contribution in [3.05, 3.63) is 148 Å². The van der Waals surface area contributed by atoms with E-state index in [9.17, 15) is 5.11 Å². The maximum absolute atomic E-state index is 10.6. The Morgan fingerprint density at radius 2 is 1.03 bits per heavy atom. The molecule has 6 aromatic rings. The zero-order valence-corrected chi connectivity index (χ0v) is 40.3. The first-order valence-corrected chi connectivity index (χ1v) is 24.7. The molecule has 0 radical (unpaired) electrons. The van der Waals surface area contributed by atoms with Crippen LogP contribution >= 0.6 is 0 Å². The van der Waals surface area contributed by atoms with E-state index >= 15 is 0 Å². The summed E-state index contributed by atoms with van der Waals surface area (Å²) in [5, 5.41) is 16.4. The molecule has 6 aromatic carbocycles. The molecule has 8 rings (SSSR count). The lowest BCUT2D eigenvalue weighted by Crippen LogP contribution is -2.32. The molecule has 1 saturated heterocycles. The lowest BCUT2D eigenvalue weighted by molar-refractivity contribution is -0.0448. The maximum Gasteiger partial charge on any atom is 0.147 e. The second-order valence-corrected chi connectivity index (χ2v) is 18.3. The van der Waals surface area contributed by atoms with Crippen LogP contribution in [0.2, 0.25) is 0 Å². The molecule has 1 fully saturated rings. The Bertz CT molecular complexity index is 2780. The molecule has 2 aliphatic rings. The summed E-state index contributed by atoms with van der Waals surface area (Å²) in [6.45, 7) is 11.2. The van der Waals surface area contributed by atoms with E-state index < -0.39 is 5.60 Å². The summed E-state index contributed by atoms with van der Waals surface area (Å²) in [5.41, 5.74) is 6.30. The van der Waals surface area contributed by atoms with Gasteiger partial charge < -0.3 is 24.1 Å². The number of unbranched alkanes of at least 4 members (excludes halogenated alkanes) is 6. The number of ether oxygens (including phenoxy) is 4. The molecular formula is C61H65NO6. The highest BCUT2D eigenvalue weighted by Crippen LogP contribution is 2.55. The summed E-state index contributed by atoms with van der Waals surface area (Å²) < 4.78 is 24.3. The standard InChI is InChI=1S/C61H65NO6/c1-5-7-9-15-36-61(37-16-10-8-6-2)56-25-17-19-47(30-27-46-28-32-49(33-29-46)62-45-66-42-41-64-39-40-65-43-44-67-62)58(56)68-59-48(20-18-26-57(59)61)31-34-54-50-21-11-13-23-52(50)55(35-38-60(3,4)63)53-24-14-12-22-51(53)54/h11-14,17-26,28-29,32-33,63H,5-10,15-16,36-37,39-45H2,1-4H3. The molecule has 0 spiro atoms. The molecule has 0 amide bonds. The molecule has 0 aliphatic carbocycles. The average molecular weight is 908 g/mol. The van der Waals surface area contributed by atoms with Gasteiger partial charge in [0.1, 0.15) is 23.8 Å². The Hall–Kier alpha value is -6.08. The second kappa shape index (κ2) is 23.3. The topological polar surface area (TPSA) is 69.6 Å². The van der Waals surface area contributed by atoms with Gasteiger partial charge in [-0.25, -0.2) is 5.06 Å². The van der Waals surface area contributed by atoms with Crippen molar-refractivity contribution in [1.82, 2.24) is 0 Å². The molecule has 2 aliphatic heterocycles. The maximum atomic E-state index is 10.6. The fourth-order valence-electron chi connectivity index (χ4n) is 9.44. The summed E-state index contributed by atoms with van der Waals surface area (Å²) >= 11 is 0. The van der Waals surface area contributed by atoms with Crippen molar-refractivity contribution < 1.29 is 28.9 Å². The highest BCUT2D eigenvalue weighted by atomic mass is 16.7. The Balaban J connectivity index is 1.21. The second-order valence-electron chi connectivity index (χ2n) is 18.3. The van der Waals surface area contributed by atoms with Gasteiger partial charge in [0.2, 0.25) is 0 Å². The van der Waals surface area contributed by atoms with Crippen LogP contribution in [0, 0.1) is 35.5 Å². The lowest BCUT2D eigenvalue weighted by Gasteiger charge is -2.41. The minimum atomic E-state index is -1.13. The van der Waals surface area contributed by atoms with E-state index in [1.807, 2.05) is 36.4 Å². The summed E-state index contributed by atoms with van der Waals surface area (Å²) in [4.78, 5) is 6.04. The van der Waals surface area contributed by atoms with Crippen molar-refractivity contribution in [2.45, 2.75) is 103 Å². The normalized spacial score (nSPS) is 14.9. The minimum Gasteiger partial charge on any atom is -0.454 e. The predicted octanol–water partition coefficient (Wildman–Crippen LogP) is 13.0. The third kappa shape index (κ3) is 11.6. The summed E-state index contributed by atoms with van der Waals surface area (Å²) in [6, 6.07) is 37.8. The molecule has 1 N–H and O–H groups in total. The number of para-hydroxylation sites is 2. The molecule has 7 heteroatoms. The van der Waals surface area contributed by atoms with Gasteiger partial charge in [0, 0.05) is 33.2 Å². The van der Waals surface area contributed by atoms with Gasteiger partial charge in [0.15, 0.2) is 0 Å². The van der Waals surface area contributed by atoms with Gasteiger partial charge in [-0.05, 0) is 84.6 Å². The monoisotopic (exact) mass is 907 g/mol. The van der Waals surface area contributed by atoms with Crippen molar-refractivity contribution in [3.63, 3.8) is 0 Å². The number of hydrogen-bond donors (Lipinski definition) is 1. The number of hydrogen-bond acceptors (Lipinski definition) is 7. The first kappa shape index (κ1) is 48.4. The van der Waals surface area contributed by atoms with E-state index in [0.717, 1.165) is 92.2 Å². The SMILES string of the molecule is CCCCCCC1(CCCCCC)c2cccc(C#Cc3ccc(N4COCCOCCOCCO4)cc3)c2Oc2c(C#Cc3c4ccccc4c(C#CC(C)(C)O)c4ccccc34)cccc21. The average Bonchev–Trinajstić information content (AvgIpc) is 3.34. The number of fused-ring (bicyclic) bond motifs is 4. The Labute approximate surface area is 404 Å². The van der Waals surface area contributed by atoms with E-state index in [-0.39, 0.29) is 12.1 Å². The van der Waals surface area contributed by atoms with Gasteiger partial charge in [-0.1, -0.05) is 174 Å². The molecule has 0 aromatic heterocycles. The number of benzene rings is 6. The first-order chi connectivity index (χ1) is 33.3. The molecule has 0 unspecified atom stereocenters. The summed E-state index contributed by atoms with van der Waals surface area (Å²) in [6.07, 6.45) is 11.4. The quantitative estimate of drug-likeness (QED) is 0.0789. The number of rotatable bonds is 11. The zero-order valence-electron chi connectivity index (χ0n) is 40.3. The van der Waals surface area contributed by atoms with E-state index in [2.05, 4.69) is 122 Å². The van der Waals surface area contributed by atoms with Crippen LogP contribution in [0.15, 0.2) is 109 Å². The Kier molecular flexibility index (Phi) is 16.6. The highest BCUT2D eigenvalue weighted by molar-refractivity contribution is 6.09. The molecule has 350 valence electrons.